The summed E-state index contributed by atoms with van der Waals surface area (Å²) in [7, 11) is -2.06. The summed E-state index contributed by atoms with van der Waals surface area (Å²) in [5, 5.41) is 0. The fourth-order valence-corrected chi connectivity index (χ4v) is 4.23. The molecule has 0 bridgehead atoms. The first-order valence-corrected chi connectivity index (χ1v) is 10.4. The lowest BCUT2D eigenvalue weighted by molar-refractivity contribution is 0.146. The Kier molecular flexibility index (Phi) is 6.46. The number of halogens is 1. The monoisotopic (exact) mass is 393 g/mol. The van der Waals surface area contributed by atoms with Gasteiger partial charge in [0.2, 0.25) is 10.0 Å². The molecule has 3 rings (SSSR count). The molecule has 0 aromatic heterocycles. The maximum atomic E-state index is 13.1. The molecule has 1 saturated carbocycles. The van der Waals surface area contributed by atoms with E-state index in [0.29, 0.717) is 31.4 Å². The summed E-state index contributed by atoms with van der Waals surface area (Å²) in [6, 6.07) is 12.4. The SMILES string of the molecule is COCCOc1ccc(S(=O)(=O)N(Cc2ccc(F)cc2)CC2CC2)cc1. The zero-order valence-corrected chi connectivity index (χ0v) is 16.1. The van der Waals surface area contributed by atoms with Gasteiger partial charge < -0.3 is 9.47 Å². The fourth-order valence-electron chi connectivity index (χ4n) is 2.73. The first kappa shape index (κ1) is 19.8. The van der Waals surface area contributed by atoms with E-state index in [0.717, 1.165) is 18.4 Å². The zero-order valence-electron chi connectivity index (χ0n) is 15.3. The van der Waals surface area contributed by atoms with Gasteiger partial charge in [-0.1, -0.05) is 12.1 Å². The third-order valence-corrected chi connectivity index (χ3v) is 6.27. The van der Waals surface area contributed by atoms with Crippen molar-refractivity contribution >= 4 is 10.0 Å². The second kappa shape index (κ2) is 8.82. The maximum absolute atomic E-state index is 13.1. The minimum Gasteiger partial charge on any atom is -0.491 e. The average Bonchev–Trinajstić information content (AvgIpc) is 3.48. The van der Waals surface area contributed by atoms with E-state index < -0.39 is 10.0 Å². The number of rotatable bonds is 10. The Morgan fingerprint density at radius 2 is 1.70 bits per heavy atom. The summed E-state index contributed by atoms with van der Waals surface area (Å²) in [6.45, 7) is 1.57. The summed E-state index contributed by atoms with van der Waals surface area (Å²) >= 11 is 0. The highest BCUT2D eigenvalue weighted by atomic mass is 32.2. The summed E-state index contributed by atoms with van der Waals surface area (Å²) < 4.78 is 51.3. The molecular formula is C20H24FNO4S. The molecule has 2 aromatic rings. The second-order valence-corrected chi connectivity index (χ2v) is 8.62. The molecule has 0 atom stereocenters. The maximum Gasteiger partial charge on any atom is 0.243 e. The molecule has 27 heavy (non-hydrogen) atoms. The van der Waals surface area contributed by atoms with Gasteiger partial charge in [-0.2, -0.15) is 4.31 Å². The van der Waals surface area contributed by atoms with Crippen LogP contribution in [0.25, 0.3) is 0 Å². The van der Waals surface area contributed by atoms with E-state index in [1.54, 1.807) is 43.5 Å². The zero-order chi connectivity index (χ0) is 19.3. The Labute approximate surface area is 159 Å². The molecule has 0 saturated heterocycles. The van der Waals surface area contributed by atoms with Crippen LogP contribution in [-0.2, 0) is 21.3 Å². The number of ether oxygens (including phenoxy) is 2. The molecule has 0 amide bonds. The van der Waals surface area contributed by atoms with Gasteiger partial charge in [-0.3, -0.25) is 0 Å². The van der Waals surface area contributed by atoms with Crippen molar-refractivity contribution in [2.45, 2.75) is 24.3 Å². The minimum absolute atomic E-state index is 0.226. The molecule has 0 heterocycles. The summed E-state index contributed by atoms with van der Waals surface area (Å²) in [5.74, 6) is 0.662. The molecule has 0 aliphatic heterocycles. The third kappa shape index (κ3) is 5.51. The topological polar surface area (TPSA) is 55.8 Å². The number of sulfonamides is 1. The van der Waals surface area contributed by atoms with E-state index in [-0.39, 0.29) is 17.3 Å². The van der Waals surface area contributed by atoms with Crippen molar-refractivity contribution in [3.8, 4) is 5.75 Å². The molecule has 2 aromatic carbocycles. The first-order valence-electron chi connectivity index (χ1n) is 8.95. The number of benzene rings is 2. The van der Waals surface area contributed by atoms with Crippen molar-refractivity contribution < 1.29 is 22.3 Å². The lowest BCUT2D eigenvalue weighted by atomic mass is 10.2. The molecular weight excluding hydrogens is 369 g/mol. The van der Waals surface area contributed by atoms with Crippen LogP contribution in [0.2, 0.25) is 0 Å². The van der Waals surface area contributed by atoms with Crippen LogP contribution in [0.15, 0.2) is 53.4 Å². The van der Waals surface area contributed by atoms with Crippen molar-refractivity contribution in [2.75, 3.05) is 26.9 Å². The van der Waals surface area contributed by atoms with Gasteiger partial charge in [0.25, 0.3) is 0 Å². The minimum atomic E-state index is -3.65. The van der Waals surface area contributed by atoms with Gasteiger partial charge in [-0.15, -0.1) is 0 Å². The third-order valence-electron chi connectivity index (χ3n) is 4.45. The fraction of sp³-hybridized carbons (Fsp3) is 0.400. The van der Waals surface area contributed by atoms with Crippen LogP contribution >= 0.6 is 0 Å². The highest BCUT2D eigenvalue weighted by molar-refractivity contribution is 7.89. The Hall–Kier alpha value is -1.96. The van der Waals surface area contributed by atoms with Crippen LogP contribution < -0.4 is 4.74 Å². The lowest BCUT2D eigenvalue weighted by Gasteiger charge is -2.22. The molecule has 5 nitrogen and oxygen atoms in total. The van der Waals surface area contributed by atoms with E-state index in [1.165, 1.54) is 16.4 Å². The van der Waals surface area contributed by atoms with Crippen molar-refractivity contribution in [2.24, 2.45) is 5.92 Å². The van der Waals surface area contributed by atoms with Gasteiger partial charge in [-0.25, -0.2) is 12.8 Å². The Bertz CT molecular complexity index is 833. The van der Waals surface area contributed by atoms with Crippen LogP contribution in [0.5, 0.6) is 5.75 Å². The molecule has 0 spiro atoms. The largest absolute Gasteiger partial charge is 0.491 e. The van der Waals surface area contributed by atoms with E-state index in [2.05, 4.69) is 0 Å². The summed E-state index contributed by atoms with van der Waals surface area (Å²) in [6.07, 6.45) is 2.09. The Balaban J connectivity index is 1.76. The van der Waals surface area contributed by atoms with Crippen LogP contribution in [-0.4, -0.2) is 39.6 Å². The average molecular weight is 393 g/mol. The normalized spacial score (nSPS) is 14.5. The van der Waals surface area contributed by atoms with Crippen molar-refractivity contribution in [1.29, 1.82) is 0 Å². The number of hydrogen-bond donors (Lipinski definition) is 0. The highest BCUT2D eigenvalue weighted by Crippen LogP contribution is 2.32. The van der Waals surface area contributed by atoms with Gasteiger partial charge in [0.15, 0.2) is 0 Å². The van der Waals surface area contributed by atoms with Gasteiger partial charge in [0.05, 0.1) is 11.5 Å². The van der Waals surface area contributed by atoms with E-state index in [9.17, 15) is 12.8 Å². The molecule has 1 aliphatic carbocycles. The summed E-state index contributed by atoms with van der Waals surface area (Å²) in [5.41, 5.74) is 0.764. The van der Waals surface area contributed by atoms with Crippen LogP contribution in [0, 0.1) is 11.7 Å². The van der Waals surface area contributed by atoms with Gasteiger partial charge in [-0.05, 0) is 60.7 Å². The van der Waals surface area contributed by atoms with E-state index >= 15 is 0 Å². The first-order chi connectivity index (χ1) is 13.0. The number of hydrogen-bond acceptors (Lipinski definition) is 4. The molecule has 146 valence electrons. The molecule has 0 N–H and O–H groups in total. The second-order valence-electron chi connectivity index (χ2n) is 6.68. The van der Waals surface area contributed by atoms with E-state index in [1.807, 2.05) is 0 Å². The molecule has 0 radical (unpaired) electrons. The predicted octanol–water partition coefficient (Wildman–Crippen LogP) is 3.45. The van der Waals surface area contributed by atoms with Gasteiger partial charge in [0.1, 0.15) is 18.2 Å². The Morgan fingerprint density at radius 1 is 1.04 bits per heavy atom. The Morgan fingerprint density at radius 3 is 2.30 bits per heavy atom. The van der Waals surface area contributed by atoms with Gasteiger partial charge in [0, 0.05) is 20.2 Å². The molecule has 0 unspecified atom stereocenters. The lowest BCUT2D eigenvalue weighted by Crippen LogP contribution is -2.32. The van der Waals surface area contributed by atoms with Gasteiger partial charge >= 0.3 is 0 Å². The van der Waals surface area contributed by atoms with E-state index in [4.69, 9.17) is 9.47 Å². The number of methoxy groups -OCH3 is 1. The quantitative estimate of drug-likeness (QED) is 0.580. The molecule has 1 fully saturated rings. The summed E-state index contributed by atoms with van der Waals surface area (Å²) in [4.78, 5) is 0.226. The standard InChI is InChI=1S/C20H24FNO4S/c1-25-12-13-26-19-8-10-20(11-9-19)27(23,24)22(14-16-2-3-16)15-17-4-6-18(21)7-5-17/h4-11,16H,2-3,12-15H2,1H3. The van der Waals surface area contributed by atoms with Crippen LogP contribution in [0.1, 0.15) is 18.4 Å². The smallest absolute Gasteiger partial charge is 0.243 e. The van der Waals surface area contributed by atoms with Crippen molar-refractivity contribution in [3.63, 3.8) is 0 Å². The highest BCUT2D eigenvalue weighted by Gasteiger charge is 2.31. The number of nitrogens with zero attached hydrogens (tertiary/aromatic N) is 1. The van der Waals surface area contributed by atoms with Crippen LogP contribution in [0.3, 0.4) is 0 Å². The predicted molar refractivity (Wildman–Crippen MR) is 101 cm³/mol. The van der Waals surface area contributed by atoms with Crippen LogP contribution in [0.4, 0.5) is 4.39 Å². The van der Waals surface area contributed by atoms with Crippen molar-refractivity contribution in [1.82, 2.24) is 4.31 Å². The van der Waals surface area contributed by atoms with Crippen molar-refractivity contribution in [3.05, 3.63) is 59.9 Å². The molecule has 1 aliphatic rings. The molecule has 7 heteroatoms.